The molecule has 2 heterocycles. The van der Waals surface area contributed by atoms with Crippen LogP contribution in [0.4, 0.5) is 0 Å². The minimum Gasteiger partial charge on any atom is -0.489 e. The summed E-state index contributed by atoms with van der Waals surface area (Å²) in [5.41, 5.74) is 7.71. The minimum atomic E-state index is -1.13. The van der Waals surface area contributed by atoms with Crippen LogP contribution in [0.1, 0.15) is 58.9 Å². The summed E-state index contributed by atoms with van der Waals surface area (Å²) in [7, 11) is 0. The van der Waals surface area contributed by atoms with E-state index < -0.39 is 18.1 Å². The molecule has 4 atom stereocenters. The molecule has 6 aromatic rings. The number of hydrogen-bond acceptors (Lipinski definition) is 6. The van der Waals surface area contributed by atoms with Gasteiger partial charge in [-0.15, -0.1) is 0 Å². The summed E-state index contributed by atoms with van der Waals surface area (Å²) in [5, 5.41) is 14.9. The van der Waals surface area contributed by atoms with E-state index in [4.69, 9.17) is 49.0 Å². The molecule has 11 heteroatoms. The number of aliphatic carboxylic acids is 1. The summed E-state index contributed by atoms with van der Waals surface area (Å²) in [4.78, 5) is 29.2. The normalized spacial score (nSPS) is 16.9. The maximum absolute atomic E-state index is 14.4. The molecule has 2 N–H and O–H groups in total. The quantitative estimate of drug-likeness (QED) is 0.119. The molecule has 2 aliphatic heterocycles. The zero-order valence-electron chi connectivity index (χ0n) is 32.8. The predicted octanol–water partition coefficient (Wildman–Crippen LogP) is 11.1. The average Bonchev–Trinajstić information content (AvgIpc) is 3.26. The van der Waals surface area contributed by atoms with E-state index in [0.29, 0.717) is 58.5 Å². The lowest BCUT2D eigenvalue weighted by Gasteiger charge is -2.42. The van der Waals surface area contributed by atoms with Crippen molar-refractivity contribution in [2.45, 2.75) is 63.6 Å². The predicted molar refractivity (Wildman–Crippen MR) is 235 cm³/mol. The zero-order valence-corrected chi connectivity index (χ0v) is 35.1. The second-order valence-electron chi connectivity index (χ2n) is 15.1. The van der Waals surface area contributed by atoms with E-state index in [2.05, 4.69) is 29.3 Å². The standard InChI is InChI=1S/C49H43Cl3N2O6/c1-2-43(34-6-4-3-5-7-34)54-27-37-26-46-45(59-29-47(60-46)35-15-19-39(20-16-35)58-28-31-10-21-40(51)41(52)22-31)25-36(37)24-44(54)48(55)53-42(49(56)57)23-30-8-11-32(12-9-30)33-13-17-38(50)18-14-33/h3-22,25-26,42-44,47H,2,23-24,27-29H2,1H3,(H,53,55)(H,56,57)/t42-,43-,44-,47+/m0/s1. The Bertz CT molecular complexity index is 2460. The van der Waals surface area contributed by atoms with E-state index in [1.807, 2.05) is 109 Å². The van der Waals surface area contributed by atoms with Crippen molar-refractivity contribution in [1.29, 1.82) is 0 Å². The Labute approximate surface area is 364 Å². The second-order valence-corrected chi connectivity index (χ2v) is 16.4. The highest BCUT2D eigenvalue weighted by Crippen LogP contribution is 2.43. The molecule has 0 aliphatic carbocycles. The average molecular weight is 862 g/mol. The number of carbonyl (C=O) groups excluding carboxylic acids is 1. The van der Waals surface area contributed by atoms with Crippen molar-refractivity contribution in [2.24, 2.45) is 0 Å². The van der Waals surface area contributed by atoms with E-state index in [1.54, 1.807) is 12.1 Å². The minimum absolute atomic E-state index is 0.0999. The highest BCUT2D eigenvalue weighted by molar-refractivity contribution is 6.42. The molecule has 2 aliphatic rings. The zero-order chi connectivity index (χ0) is 41.8. The highest BCUT2D eigenvalue weighted by Gasteiger charge is 2.38. The smallest absolute Gasteiger partial charge is 0.326 e. The van der Waals surface area contributed by atoms with Gasteiger partial charge in [-0.2, -0.15) is 0 Å². The largest absolute Gasteiger partial charge is 0.489 e. The third-order valence-corrected chi connectivity index (χ3v) is 12.2. The van der Waals surface area contributed by atoms with Crippen molar-refractivity contribution in [2.75, 3.05) is 6.61 Å². The number of halogens is 3. The summed E-state index contributed by atoms with van der Waals surface area (Å²) in [6.45, 7) is 3.21. The van der Waals surface area contributed by atoms with Gasteiger partial charge in [-0.1, -0.05) is 127 Å². The Morgan fingerprint density at radius 2 is 1.48 bits per heavy atom. The van der Waals surface area contributed by atoms with E-state index in [0.717, 1.165) is 50.9 Å². The number of carboxylic acid groups (broad SMARTS) is 1. The van der Waals surface area contributed by atoms with E-state index in [1.165, 1.54) is 0 Å². The van der Waals surface area contributed by atoms with E-state index >= 15 is 0 Å². The summed E-state index contributed by atoms with van der Waals surface area (Å²) in [6.07, 6.45) is 0.907. The fraction of sp³-hybridized carbons (Fsp3) is 0.224. The molecule has 60 heavy (non-hydrogen) atoms. The van der Waals surface area contributed by atoms with Gasteiger partial charge in [0.15, 0.2) is 17.6 Å². The SMILES string of the molecule is CC[C@@H](c1ccccc1)N1Cc2cc3c(cc2C[C@H]1C(=O)N[C@@H](Cc1ccc(-c2ccc(Cl)cc2)cc1)C(=O)O)OC[C@H](c1ccc(OCc2ccc(Cl)c(Cl)c2)cc1)O3. The molecular weight excluding hydrogens is 819 g/mol. The van der Waals surface area contributed by atoms with Gasteiger partial charge in [0.05, 0.1) is 16.1 Å². The maximum atomic E-state index is 14.4. The molecule has 8 rings (SSSR count). The Kier molecular flexibility index (Phi) is 12.6. The lowest BCUT2D eigenvalue weighted by atomic mass is 9.89. The number of benzene rings is 6. The van der Waals surface area contributed by atoms with Crippen molar-refractivity contribution in [1.82, 2.24) is 10.2 Å². The first-order valence-electron chi connectivity index (χ1n) is 19.9. The Hall–Kier alpha value is -5.51. The molecule has 8 nitrogen and oxygen atoms in total. The molecule has 0 aromatic heterocycles. The topological polar surface area (TPSA) is 97.3 Å². The van der Waals surface area contributed by atoms with Gasteiger partial charge in [-0.3, -0.25) is 9.69 Å². The molecule has 306 valence electrons. The summed E-state index contributed by atoms with van der Waals surface area (Å²) in [5.74, 6) is 0.521. The molecule has 6 aromatic carbocycles. The van der Waals surface area contributed by atoms with Crippen LogP contribution in [-0.2, 0) is 35.6 Å². The number of carboxylic acids is 1. The van der Waals surface area contributed by atoms with Crippen LogP contribution in [0.25, 0.3) is 11.1 Å². The van der Waals surface area contributed by atoms with E-state index in [9.17, 15) is 14.7 Å². The Morgan fingerprint density at radius 3 is 2.17 bits per heavy atom. The van der Waals surface area contributed by atoms with Gasteiger partial charge in [-0.25, -0.2) is 4.79 Å². The third-order valence-electron chi connectivity index (χ3n) is 11.2. The van der Waals surface area contributed by atoms with Crippen molar-refractivity contribution in [3.63, 3.8) is 0 Å². The van der Waals surface area contributed by atoms with Gasteiger partial charge < -0.3 is 24.6 Å². The van der Waals surface area contributed by atoms with Gasteiger partial charge in [0.1, 0.15) is 25.0 Å². The van der Waals surface area contributed by atoms with E-state index in [-0.39, 0.29) is 24.5 Å². The lowest BCUT2D eigenvalue weighted by Crippen LogP contribution is -2.55. The van der Waals surface area contributed by atoms with Crippen LogP contribution >= 0.6 is 34.8 Å². The van der Waals surface area contributed by atoms with Crippen molar-refractivity contribution in [3.05, 3.63) is 182 Å². The van der Waals surface area contributed by atoms with Gasteiger partial charge in [0.25, 0.3) is 0 Å². The molecular formula is C49H43Cl3N2O6. The number of rotatable bonds is 13. The van der Waals surface area contributed by atoms with Crippen molar-refractivity contribution in [3.8, 4) is 28.4 Å². The molecule has 0 fully saturated rings. The summed E-state index contributed by atoms with van der Waals surface area (Å²) >= 11 is 18.3. The number of nitrogens with one attached hydrogen (secondary N) is 1. The second kappa shape index (κ2) is 18.4. The third kappa shape index (κ3) is 9.43. The molecule has 0 spiro atoms. The maximum Gasteiger partial charge on any atom is 0.326 e. The number of hydrogen-bond donors (Lipinski definition) is 2. The van der Waals surface area contributed by atoms with Gasteiger partial charge in [-0.05, 0) is 106 Å². The number of nitrogens with zero attached hydrogens (tertiary/aromatic N) is 1. The first kappa shape index (κ1) is 41.2. The van der Waals surface area contributed by atoms with Crippen LogP contribution in [0.2, 0.25) is 15.1 Å². The number of amides is 1. The Morgan fingerprint density at radius 1 is 0.800 bits per heavy atom. The van der Waals surface area contributed by atoms with Gasteiger partial charge in [0.2, 0.25) is 5.91 Å². The fourth-order valence-electron chi connectivity index (χ4n) is 8.00. The van der Waals surface area contributed by atoms with Crippen LogP contribution in [-0.4, -0.2) is 40.6 Å². The highest BCUT2D eigenvalue weighted by atomic mass is 35.5. The molecule has 0 radical (unpaired) electrons. The first-order valence-corrected chi connectivity index (χ1v) is 21.1. The molecule has 1 amide bonds. The number of fused-ring (bicyclic) bond motifs is 2. The first-order chi connectivity index (χ1) is 29.1. The van der Waals surface area contributed by atoms with Crippen LogP contribution < -0.4 is 19.5 Å². The van der Waals surface area contributed by atoms with Crippen LogP contribution in [0.15, 0.2) is 133 Å². The Balaban J connectivity index is 0.990. The van der Waals surface area contributed by atoms with Crippen LogP contribution in [0.5, 0.6) is 17.2 Å². The van der Waals surface area contributed by atoms with Crippen LogP contribution in [0.3, 0.4) is 0 Å². The fourth-order valence-corrected chi connectivity index (χ4v) is 8.44. The number of ether oxygens (including phenoxy) is 3. The number of carbonyl (C=O) groups is 2. The van der Waals surface area contributed by atoms with Crippen molar-refractivity contribution >= 4 is 46.7 Å². The molecule has 0 saturated heterocycles. The molecule has 0 unspecified atom stereocenters. The molecule has 0 bridgehead atoms. The van der Waals surface area contributed by atoms with Crippen molar-refractivity contribution < 1.29 is 28.9 Å². The van der Waals surface area contributed by atoms with Gasteiger partial charge >= 0.3 is 5.97 Å². The van der Waals surface area contributed by atoms with Gasteiger partial charge in [0, 0.05) is 24.0 Å². The monoisotopic (exact) mass is 860 g/mol. The lowest BCUT2D eigenvalue weighted by molar-refractivity contribution is -0.143. The molecule has 0 saturated carbocycles. The summed E-state index contributed by atoms with van der Waals surface area (Å²) < 4.78 is 18.9. The van der Waals surface area contributed by atoms with Crippen LogP contribution in [0, 0.1) is 0 Å². The summed E-state index contributed by atoms with van der Waals surface area (Å²) in [6, 6.07) is 40.7.